The van der Waals surface area contributed by atoms with Gasteiger partial charge in [-0.25, -0.2) is 4.98 Å². The predicted molar refractivity (Wildman–Crippen MR) is 95.0 cm³/mol. The summed E-state index contributed by atoms with van der Waals surface area (Å²) in [5.74, 6) is 0.934. The summed E-state index contributed by atoms with van der Waals surface area (Å²) in [5.41, 5.74) is 0.402. The lowest BCUT2D eigenvalue weighted by atomic mass is 10.0. The highest BCUT2D eigenvalue weighted by atomic mass is 32.1. The largest absolute Gasteiger partial charge is 0.434 e. The predicted octanol–water partition coefficient (Wildman–Crippen LogP) is 3.67. The van der Waals surface area contributed by atoms with E-state index in [0.717, 1.165) is 16.7 Å². The van der Waals surface area contributed by atoms with Crippen molar-refractivity contribution in [1.29, 1.82) is 0 Å². The third kappa shape index (κ3) is 6.04. The van der Waals surface area contributed by atoms with E-state index in [4.69, 9.17) is 0 Å². The van der Waals surface area contributed by atoms with Crippen LogP contribution >= 0.6 is 11.3 Å². The first-order chi connectivity index (χ1) is 11.9. The maximum Gasteiger partial charge on any atom is 0.434 e. The van der Waals surface area contributed by atoms with Crippen LogP contribution in [0.25, 0.3) is 0 Å². The van der Waals surface area contributed by atoms with E-state index in [0.29, 0.717) is 36.4 Å². The molecule has 25 heavy (non-hydrogen) atoms. The minimum Gasteiger partial charge on any atom is -0.356 e. The number of guanidine groups is 1. The first-order valence-corrected chi connectivity index (χ1v) is 8.79. The summed E-state index contributed by atoms with van der Waals surface area (Å²) in [7, 11) is 1.66. The van der Waals surface area contributed by atoms with Gasteiger partial charge in [-0.15, -0.1) is 11.3 Å². The van der Waals surface area contributed by atoms with Crippen molar-refractivity contribution in [3.05, 3.63) is 52.0 Å². The highest BCUT2D eigenvalue weighted by Gasteiger charge is 2.33. The van der Waals surface area contributed by atoms with E-state index in [9.17, 15) is 13.2 Å². The molecule has 0 saturated heterocycles. The van der Waals surface area contributed by atoms with Gasteiger partial charge in [0.2, 0.25) is 0 Å². The molecular weight excluding hydrogens is 349 g/mol. The molecule has 0 aliphatic rings. The Morgan fingerprint density at radius 2 is 1.96 bits per heavy atom. The zero-order valence-corrected chi connectivity index (χ0v) is 14.9. The highest BCUT2D eigenvalue weighted by Crippen LogP contribution is 2.29. The standard InChI is InChI=1S/C17H21F3N4S/c1-12(13-6-4-3-5-7-13)10-23-16(21-2)22-9-8-15-24-14(11-25-15)17(18,19)20/h3-7,11-12H,8-10H2,1-2H3,(H2,21,22,23). The molecule has 1 aromatic carbocycles. The molecular formula is C17H21F3N4S. The van der Waals surface area contributed by atoms with Crippen LogP contribution in [0.4, 0.5) is 13.2 Å². The van der Waals surface area contributed by atoms with Gasteiger partial charge in [-0.2, -0.15) is 13.2 Å². The molecule has 8 heteroatoms. The Balaban J connectivity index is 1.76. The van der Waals surface area contributed by atoms with Crippen molar-refractivity contribution < 1.29 is 13.2 Å². The highest BCUT2D eigenvalue weighted by molar-refractivity contribution is 7.09. The molecule has 0 radical (unpaired) electrons. The smallest absolute Gasteiger partial charge is 0.356 e. The lowest BCUT2D eigenvalue weighted by molar-refractivity contribution is -0.140. The fraction of sp³-hybridized carbons (Fsp3) is 0.412. The number of halogens is 3. The first-order valence-electron chi connectivity index (χ1n) is 7.91. The Morgan fingerprint density at radius 1 is 1.24 bits per heavy atom. The van der Waals surface area contributed by atoms with Crippen molar-refractivity contribution in [2.75, 3.05) is 20.1 Å². The number of thiazole rings is 1. The molecule has 0 aliphatic carbocycles. The van der Waals surface area contributed by atoms with E-state index in [1.54, 1.807) is 7.05 Å². The lowest BCUT2D eigenvalue weighted by Crippen LogP contribution is -2.39. The molecule has 0 saturated carbocycles. The molecule has 2 N–H and O–H groups in total. The number of hydrogen-bond donors (Lipinski definition) is 2. The molecule has 1 heterocycles. The van der Waals surface area contributed by atoms with E-state index in [2.05, 4.69) is 39.7 Å². The minimum absolute atomic E-state index is 0.313. The molecule has 0 spiro atoms. The van der Waals surface area contributed by atoms with Crippen LogP contribution in [0.1, 0.15) is 29.1 Å². The molecule has 1 aromatic heterocycles. The van der Waals surface area contributed by atoms with Crippen molar-refractivity contribution in [3.8, 4) is 0 Å². The SMILES string of the molecule is CN=C(NCCc1nc(C(F)(F)F)cs1)NCC(C)c1ccccc1. The summed E-state index contributed by atoms with van der Waals surface area (Å²) in [4.78, 5) is 7.74. The Bertz CT molecular complexity index is 683. The number of nitrogens with zero attached hydrogens (tertiary/aromatic N) is 2. The number of alkyl halides is 3. The minimum atomic E-state index is -4.38. The average Bonchev–Trinajstić information content (AvgIpc) is 3.07. The fourth-order valence-corrected chi connectivity index (χ4v) is 3.02. The van der Waals surface area contributed by atoms with Crippen LogP contribution in [0.5, 0.6) is 0 Å². The van der Waals surface area contributed by atoms with Gasteiger partial charge in [0.25, 0.3) is 0 Å². The van der Waals surface area contributed by atoms with E-state index in [1.807, 2.05) is 18.2 Å². The molecule has 0 fully saturated rings. The van der Waals surface area contributed by atoms with Crippen LogP contribution in [0.15, 0.2) is 40.7 Å². The van der Waals surface area contributed by atoms with E-state index < -0.39 is 11.9 Å². The van der Waals surface area contributed by atoms with Crippen LogP contribution in [0.3, 0.4) is 0 Å². The van der Waals surface area contributed by atoms with Gasteiger partial charge in [0.15, 0.2) is 11.7 Å². The molecule has 1 unspecified atom stereocenters. The summed E-state index contributed by atoms with van der Waals surface area (Å²) in [6.45, 7) is 3.28. The van der Waals surface area contributed by atoms with Crippen molar-refractivity contribution in [1.82, 2.24) is 15.6 Å². The first kappa shape index (κ1) is 19.2. The van der Waals surface area contributed by atoms with E-state index >= 15 is 0 Å². The molecule has 1 atom stereocenters. The monoisotopic (exact) mass is 370 g/mol. The van der Waals surface area contributed by atoms with E-state index in [1.165, 1.54) is 5.56 Å². The van der Waals surface area contributed by atoms with Gasteiger partial charge in [0.1, 0.15) is 0 Å². The number of rotatable bonds is 6. The van der Waals surface area contributed by atoms with Gasteiger partial charge in [0, 0.05) is 31.9 Å². The summed E-state index contributed by atoms with van der Waals surface area (Å²) in [6, 6.07) is 10.1. The third-order valence-corrected chi connectivity index (χ3v) is 4.55. The molecule has 136 valence electrons. The lowest BCUT2D eigenvalue weighted by Gasteiger charge is -2.16. The van der Waals surface area contributed by atoms with Crippen molar-refractivity contribution >= 4 is 17.3 Å². The average molecular weight is 370 g/mol. The Labute approximate surface area is 149 Å². The van der Waals surface area contributed by atoms with Crippen molar-refractivity contribution in [2.45, 2.75) is 25.4 Å². The van der Waals surface area contributed by atoms with Gasteiger partial charge < -0.3 is 10.6 Å². The van der Waals surface area contributed by atoms with Gasteiger partial charge in [0.05, 0.1) is 5.01 Å². The Hall–Kier alpha value is -2.09. The summed E-state index contributed by atoms with van der Waals surface area (Å²) >= 11 is 1.02. The molecule has 0 amide bonds. The van der Waals surface area contributed by atoms with Crippen LogP contribution in [-0.2, 0) is 12.6 Å². The zero-order chi connectivity index (χ0) is 18.3. The van der Waals surface area contributed by atoms with Crippen LogP contribution in [0, 0.1) is 0 Å². The van der Waals surface area contributed by atoms with Gasteiger partial charge in [-0.05, 0) is 11.5 Å². The fourth-order valence-electron chi connectivity index (χ4n) is 2.21. The number of hydrogen-bond acceptors (Lipinski definition) is 3. The van der Waals surface area contributed by atoms with Gasteiger partial charge in [-0.1, -0.05) is 37.3 Å². The Kier molecular flexibility index (Phi) is 6.81. The second kappa shape index (κ2) is 8.84. The van der Waals surface area contributed by atoms with Crippen molar-refractivity contribution in [2.24, 2.45) is 4.99 Å². The normalized spacial score (nSPS) is 13.6. The number of nitrogens with one attached hydrogen (secondary N) is 2. The Morgan fingerprint density at radius 3 is 2.56 bits per heavy atom. The number of benzene rings is 1. The molecule has 2 aromatic rings. The number of aliphatic imine (C=N–C) groups is 1. The van der Waals surface area contributed by atoms with Crippen molar-refractivity contribution in [3.63, 3.8) is 0 Å². The summed E-state index contributed by atoms with van der Waals surface area (Å²) in [6.07, 6.45) is -3.97. The molecule has 2 rings (SSSR count). The second-order valence-electron chi connectivity index (χ2n) is 5.57. The summed E-state index contributed by atoms with van der Waals surface area (Å²) < 4.78 is 37.6. The number of aromatic nitrogens is 1. The molecule has 0 aliphatic heterocycles. The maximum absolute atomic E-state index is 12.5. The van der Waals surface area contributed by atoms with Crippen LogP contribution in [0.2, 0.25) is 0 Å². The molecule has 0 bridgehead atoms. The maximum atomic E-state index is 12.5. The second-order valence-corrected chi connectivity index (χ2v) is 6.51. The summed E-state index contributed by atoms with van der Waals surface area (Å²) in [5, 5.41) is 7.82. The zero-order valence-electron chi connectivity index (χ0n) is 14.1. The third-order valence-electron chi connectivity index (χ3n) is 3.64. The quantitative estimate of drug-likeness (QED) is 0.603. The van der Waals surface area contributed by atoms with E-state index in [-0.39, 0.29) is 0 Å². The topological polar surface area (TPSA) is 49.3 Å². The van der Waals surface area contributed by atoms with Crippen LogP contribution in [-0.4, -0.2) is 31.1 Å². The van der Waals surface area contributed by atoms with Crippen LogP contribution < -0.4 is 10.6 Å². The molecule has 4 nitrogen and oxygen atoms in total. The van der Waals surface area contributed by atoms with Gasteiger partial charge >= 0.3 is 6.18 Å². The van der Waals surface area contributed by atoms with Gasteiger partial charge in [-0.3, -0.25) is 4.99 Å².